The van der Waals surface area contributed by atoms with E-state index in [0.717, 1.165) is 6.54 Å². The van der Waals surface area contributed by atoms with Crippen molar-refractivity contribution in [3.63, 3.8) is 0 Å². The highest BCUT2D eigenvalue weighted by Gasteiger charge is 2.28. The maximum absolute atomic E-state index is 3.46. The van der Waals surface area contributed by atoms with Gasteiger partial charge >= 0.3 is 0 Å². The fourth-order valence-corrected chi connectivity index (χ4v) is 2.11. The van der Waals surface area contributed by atoms with E-state index in [1.54, 1.807) is 0 Å². The molecule has 1 saturated heterocycles. The first kappa shape index (κ1) is 12.0. The van der Waals surface area contributed by atoms with Crippen molar-refractivity contribution in [2.24, 2.45) is 5.41 Å². The minimum Gasteiger partial charge on any atom is -0.314 e. The van der Waals surface area contributed by atoms with Gasteiger partial charge < -0.3 is 10.2 Å². The number of nitrogens with zero attached hydrogens (tertiary/aromatic N) is 1. The zero-order valence-electron chi connectivity index (χ0n) is 10.3. The smallest absolute Gasteiger partial charge is 0.00332 e. The lowest BCUT2D eigenvalue weighted by Gasteiger charge is -2.19. The first-order chi connectivity index (χ1) is 6.49. The molecule has 2 heteroatoms. The Hall–Kier alpha value is -0.0800. The lowest BCUT2D eigenvalue weighted by atomic mass is 9.93. The van der Waals surface area contributed by atoms with Gasteiger partial charge in [-0.15, -0.1) is 0 Å². The summed E-state index contributed by atoms with van der Waals surface area (Å²) in [5.74, 6) is 0. The van der Waals surface area contributed by atoms with E-state index >= 15 is 0 Å². The minimum absolute atomic E-state index is 0.561. The Labute approximate surface area is 89.1 Å². The highest BCUT2D eigenvalue weighted by Crippen LogP contribution is 2.28. The Balaban J connectivity index is 2.03. The number of rotatable bonds is 5. The number of hydrogen-bond donors (Lipinski definition) is 1. The maximum atomic E-state index is 3.46. The van der Waals surface area contributed by atoms with Crippen molar-refractivity contribution < 1.29 is 0 Å². The van der Waals surface area contributed by atoms with Crippen LogP contribution in [0.15, 0.2) is 0 Å². The third-order valence-corrected chi connectivity index (χ3v) is 2.96. The molecule has 0 aromatic rings. The normalized spacial score (nSPS) is 22.1. The quantitative estimate of drug-likeness (QED) is 0.681. The van der Waals surface area contributed by atoms with Crippen molar-refractivity contribution in [3.05, 3.63) is 0 Å². The molecule has 0 aliphatic carbocycles. The Morgan fingerprint density at radius 2 is 2.07 bits per heavy atom. The van der Waals surface area contributed by atoms with E-state index in [9.17, 15) is 0 Å². The maximum Gasteiger partial charge on any atom is 0.00332 e. The summed E-state index contributed by atoms with van der Waals surface area (Å²) in [5.41, 5.74) is 0.561. The van der Waals surface area contributed by atoms with Gasteiger partial charge in [-0.3, -0.25) is 0 Å². The van der Waals surface area contributed by atoms with Crippen LogP contribution in [-0.2, 0) is 0 Å². The van der Waals surface area contributed by atoms with Gasteiger partial charge in [-0.1, -0.05) is 27.7 Å². The lowest BCUT2D eigenvalue weighted by molar-refractivity contribution is 0.285. The van der Waals surface area contributed by atoms with Crippen LogP contribution in [0.2, 0.25) is 0 Å². The largest absolute Gasteiger partial charge is 0.314 e. The monoisotopic (exact) mass is 198 g/mol. The van der Waals surface area contributed by atoms with Crippen LogP contribution in [0.3, 0.4) is 0 Å². The molecule has 0 saturated carbocycles. The van der Waals surface area contributed by atoms with Gasteiger partial charge in [0.15, 0.2) is 0 Å². The lowest BCUT2D eigenvalue weighted by Crippen LogP contribution is -2.29. The van der Waals surface area contributed by atoms with Crippen LogP contribution in [0.5, 0.6) is 0 Å². The molecule has 1 aliphatic heterocycles. The van der Waals surface area contributed by atoms with Crippen molar-refractivity contribution in [2.75, 3.05) is 26.2 Å². The topological polar surface area (TPSA) is 15.3 Å². The van der Waals surface area contributed by atoms with E-state index < -0.39 is 0 Å². The first-order valence-corrected chi connectivity index (χ1v) is 5.95. The average Bonchev–Trinajstić information content (AvgIpc) is 2.39. The van der Waals surface area contributed by atoms with Gasteiger partial charge in [-0.2, -0.15) is 0 Å². The molecule has 84 valence electrons. The zero-order valence-corrected chi connectivity index (χ0v) is 10.3. The van der Waals surface area contributed by atoms with Crippen molar-refractivity contribution >= 4 is 0 Å². The van der Waals surface area contributed by atoms with Crippen LogP contribution < -0.4 is 5.32 Å². The van der Waals surface area contributed by atoms with Crippen LogP contribution in [0, 0.1) is 5.41 Å². The molecule has 0 amide bonds. The van der Waals surface area contributed by atoms with Crippen molar-refractivity contribution in [2.45, 2.75) is 46.6 Å². The van der Waals surface area contributed by atoms with Gasteiger partial charge in [0.05, 0.1) is 0 Å². The van der Waals surface area contributed by atoms with E-state index in [0.29, 0.717) is 11.5 Å². The molecule has 0 aromatic carbocycles. The Bertz CT molecular complexity index is 164. The highest BCUT2D eigenvalue weighted by molar-refractivity contribution is 4.82. The van der Waals surface area contributed by atoms with Gasteiger partial charge in [0.25, 0.3) is 0 Å². The number of nitrogens with one attached hydrogen (secondary N) is 1. The fourth-order valence-electron chi connectivity index (χ4n) is 2.11. The molecule has 2 nitrogen and oxygen atoms in total. The van der Waals surface area contributed by atoms with Crippen molar-refractivity contribution in [3.8, 4) is 0 Å². The van der Waals surface area contributed by atoms with Crippen LogP contribution in [0.1, 0.15) is 40.5 Å². The molecule has 0 bridgehead atoms. The second kappa shape index (κ2) is 5.13. The summed E-state index contributed by atoms with van der Waals surface area (Å²) in [5, 5.41) is 3.46. The van der Waals surface area contributed by atoms with Crippen LogP contribution in [0.4, 0.5) is 0 Å². The molecular weight excluding hydrogens is 172 g/mol. The van der Waals surface area contributed by atoms with Gasteiger partial charge in [-0.05, 0) is 37.9 Å². The van der Waals surface area contributed by atoms with E-state index in [-0.39, 0.29) is 0 Å². The molecule has 1 rings (SSSR count). The molecule has 0 atom stereocenters. The van der Waals surface area contributed by atoms with E-state index in [1.807, 2.05) is 0 Å². The summed E-state index contributed by atoms with van der Waals surface area (Å²) in [6, 6.07) is 0.630. The molecule has 0 aromatic heterocycles. The number of hydrogen-bond acceptors (Lipinski definition) is 2. The molecule has 1 heterocycles. The van der Waals surface area contributed by atoms with E-state index in [4.69, 9.17) is 0 Å². The van der Waals surface area contributed by atoms with Gasteiger partial charge in [0.2, 0.25) is 0 Å². The van der Waals surface area contributed by atoms with Crippen molar-refractivity contribution in [1.82, 2.24) is 10.2 Å². The third-order valence-electron chi connectivity index (χ3n) is 2.96. The van der Waals surface area contributed by atoms with Gasteiger partial charge in [0, 0.05) is 12.6 Å². The predicted molar refractivity (Wildman–Crippen MR) is 62.6 cm³/mol. The molecule has 0 spiro atoms. The summed E-state index contributed by atoms with van der Waals surface area (Å²) >= 11 is 0. The van der Waals surface area contributed by atoms with E-state index in [1.165, 1.54) is 32.5 Å². The second-order valence-electron chi connectivity index (χ2n) is 5.65. The summed E-state index contributed by atoms with van der Waals surface area (Å²) in [4.78, 5) is 2.60. The molecule has 0 unspecified atom stereocenters. The molecule has 1 fully saturated rings. The van der Waals surface area contributed by atoms with Crippen LogP contribution in [-0.4, -0.2) is 37.1 Å². The Morgan fingerprint density at radius 1 is 1.36 bits per heavy atom. The Morgan fingerprint density at radius 3 is 2.57 bits per heavy atom. The summed E-state index contributed by atoms with van der Waals surface area (Å²) in [6.45, 7) is 14.2. The molecular formula is C12H26N2. The zero-order chi connectivity index (χ0) is 10.6. The molecule has 1 aliphatic rings. The van der Waals surface area contributed by atoms with E-state index in [2.05, 4.69) is 37.9 Å². The number of likely N-dealkylation sites (tertiary alicyclic amines) is 1. The molecule has 0 radical (unpaired) electrons. The summed E-state index contributed by atoms with van der Waals surface area (Å²) in [7, 11) is 0. The van der Waals surface area contributed by atoms with Crippen LogP contribution in [0.25, 0.3) is 0 Å². The van der Waals surface area contributed by atoms with Crippen molar-refractivity contribution in [1.29, 1.82) is 0 Å². The molecule has 14 heavy (non-hydrogen) atoms. The highest BCUT2D eigenvalue weighted by atomic mass is 15.2. The summed E-state index contributed by atoms with van der Waals surface area (Å²) in [6.07, 6.45) is 2.65. The first-order valence-electron chi connectivity index (χ1n) is 5.95. The average molecular weight is 198 g/mol. The predicted octanol–water partition coefficient (Wildman–Crippen LogP) is 2.11. The summed E-state index contributed by atoms with van der Waals surface area (Å²) < 4.78 is 0. The second-order valence-corrected chi connectivity index (χ2v) is 5.65. The Kier molecular flexibility index (Phi) is 4.39. The minimum atomic E-state index is 0.561. The van der Waals surface area contributed by atoms with Crippen LogP contribution >= 0.6 is 0 Å². The SMILES string of the molecule is CC(C)NCCCN1CCC(C)(C)C1. The third kappa shape index (κ3) is 4.43. The standard InChI is InChI=1S/C12H26N2/c1-11(2)13-7-5-8-14-9-6-12(3,4)10-14/h11,13H,5-10H2,1-4H3. The molecule has 1 N–H and O–H groups in total. The van der Waals surface area contributed by atoms with Gasteiger partial charge in [0.1, 0.15) is 0 Å². The fraction of sp³-hybridized carbons (Fsp3) is 1.00. The van der Waals surface area contributed by atoms with Gasteiger partial charge in [-0.25, -0.2) is 0 Å².